The van der Waals surface area contributed by atoms with Gasteiger partial charge in [0.05, 0.1) is 22.4 Å². The summed E-state index contributed by atoms with van der Waals surface area (Å²) in [6, 6.07) is 27.2. The number of likely N-dealkylation sites (tertiary alicyclic amines) is 1. The summed E-state index contributed by atoms with van der Waals surface area (Å²) in [5.41, 5.74) is 4.60. The van der Waals surface area contributed by atoms with Gasteiger partial charge in [-0.1, -0.05) is 54.6 Å². The van der Waals surface area contributed by atoms with Gasteiger partial charge in [-0.15, -0.1) is 0 Å². The van der Waals surface area contributed by atoms with Crippen molar-refractivity contribution < 1.29 is 9.18 Å². The van der Waals surface area contributed by atoms with Gasteiger partial charge in [0.25, 0.3) is 5.91 Å². The predicted octanol–water partition coefficient (Wildman–Crippen LogP) is 5.32. The van der Waals surface area contributed by atoms with Crippen molar-refractivity contribution in [2.24, 2.45) is 0 Å². The standard InChI is InChI=1S/C31H25FN6O2/c32-23-11-5-4-10-22(23)28-18-26(33-29-19-25(35-38(28)29)20-8-2-1-3-9-20)30(39)36-16-14-21(15-17-36)37-27-13-7-6-12-24(27)34-31(37)40/h1-13,18-19,21H,14-17H2,(H,34,40). The summed E-state index contributed by atoms with van der Waals surface area (Å²) < 4.78 is 18.3. The van der Waals surface area contributed by atoms with Crippen LogP contribution < -0.4 is 5.69 Å². The van der Waals surface area contributed by atoms with E-state index in [0.29, 0.717) is 48.5 Å². The molecule has 1 fully saturated rings. The van der Waals surface area contributed by atoms with Gasteiger partial charge in [-0.05, 0) is 43.2 Å². The van der Waals surface area contributed by atoms with Crippen molar-refractivity contribution in [3.05, 3.63) is 113 Å². The Kier molecular flexibility index (Phi) is 5.77. The van der Waals surface area contributed by atoms with Crippen LogP contribution in [-0.2, 0) is 0 Å². The monoisotopic (exact) mass is 532 g/mol. The quantitative estimate of drug-likeness (QED) is 0.333. The minimum atomic E-state index is -0.407. The Balaban J connectivity index is 1.23. The first kappa shape index (κ1) is 24.0. The van der Waals surface area contributed by atoms with Crippen molar-refractivity contribution >= 4 is 22.6 Å². The van der Waals surface area contributed by atoms with Crippen LogP contribution in [0.3, 0.4) is 0 Å². The van der Waals surface area contributed by atoms with Crippen LogP contribution in [0, 0.1) is 5.82 Å². The highest BCUT2D eigenvalue weighted by atomic mass is 19.1. The van der Waals surface area contributed by atoms with Crippen molar-refractivity contribution in [3.63, 3.8) is 0 Å². The molecule has 1 saturated heterocycles. The molecule has 0 saturated carbocycles. The topological polar surface area (TPSA) is 88.3 Å². The molecule has 198 valence electrons. The summed E-state index contributed by atoms with van der Waals surface area (Å²) in [5, 5.41) is 4.71. The van der Waals surface area contributed by atoms with Gasteiger partial charge in [0.1, 0.15) is 11.5 Å². The van der Waals surface area contributed by atoms with Crippen LogP contribution in [0.5, 0.6) is 0 Å². The molecule has 3 aromatic heterocycles. The van der Waals surface area contributed by atoms with Crippen LogP contribution in [0.15, 0.2) is 95.8 Å². The second-order valence-electron chi connectivity index (χ2n) is 10.0. The number of aromatic amines is 1. The third-order valence-electron chi connectivity index (χ3n) is 7.61. The Morgan fingerprint density at radius 2 is 1.62 bits per heavy atom. The Morgan fingerprint density at radius 1 is 0.900 bits per heavy atom. The van der Waals surface area contributed by atoms with Crippen LogP contribution in [0.1, 0.15) is 29.4 Å². The van der Waals surface area contributed by atoms with Gasteiger partial charge in [0.2, 0.25) is 0 Å². The fraction of sp³-hybridized carbons (Fsp3) is 0.161. The number of H-pyrrole nitrogens is 1. The average Bonchev–Trinajstić information content (AvgIpc) is 3.58. The Morgan fingerprint density at radius 3 is 2.42 bits per heavy atom. The molecule has 0 atom stereocenters. The number of halogens is 1. The van der Waals surface area contributed by atoms with E-state index in [0.717, 1.165) is 16.6 Å². The van der Waals surface area contributed by atoms with E-state index in [2.05, 4.69) is 9.97 Å². The molecule has 8 nitrogen and oxygen atoms in total. The van der Waals surface area contributed by atoms with Crippen LogP contribution in [0.25, 0.3) is 39.2 Å². The number of imidazole rings is 1. The molecular weight excluding hydrogens is 507 g/mol. The lowest BCUT2D eigenvalue weighted by atomic mass is 10.0. The maximum Gasteiger partial charge on any atom is 0.326 e. The lowest BCUT2D eigenvalue weighted by molar-refractivity contribution is 0.0689. The van der Waals surface area contributed by atoms with Gasteiger partial charge in [0, 0.05) is 36.3 Å². The second kappa shape index (κ2) is 9.60. The third-order valence-corrected chi connectivity index (χ3v) is 7.61. The van der Waals surface area contributed by atoms with E-state index in [4.69, 9.17) is 5.10 Å². The number of nitrogens with zero attached hydrogens (tertiary/aromatic N) is 5. The van der Waals surface area contributed by atoms with E-state index in [1.165, 1.54) is 6.07 Å². The van der Waals surface area contributed by atoms with Gasteiger partial charge in [0.15, 0.2) is 5.65 Å². The highest BCUT2D eigenvalue weighted by Crippen LogP contribution is 2.29. The first-order chi connectivity index (χ1) is 19.6. The molecule has 1 N–H and O–H groups in total. The Bertz CT molecular complexity index is 1930. The summed E-state index contributed by atoms with van der Waals surface area (Å²) in [7, 11) is 0. The van der Waals surface area contributed by atoms with E-state index in [9.17, 15) is 14.0 Å². The molecule has 9 heteroatoms. The number of nitrogens with one attached hydrogen (secondary N) is 1. The average molecular weight is 533 g/mol. The second-order valence-corrected chi connectivity index (χ2v) is 10.0. The van der Waals surface area contributed by atoms with Crippen molar-refractivity contribution in [2.45, 2.75) is 18.9 Å². The number of hydrogen-bond acceptors (Lipinski definition) is 4. The number of rotatable bonds is 4. The van der Waals surface area contributed by atoms with E-state index in [1.807, 2.05) is 60.7 Å². The number of benzene rings is 3. The molecule has 1 aliphatic rings. The van der Waals surface area contributed by atoms with Crippen LogP contribution >= 0.6 is 0 Å². The number of fused-ring (bicyclic) bond motifs is 2. The number of hydrogen-bond donors (Lipinski definition) is 1. The molecule has 0 radical (unpaired) electrons. The Labute approximate surface area is 228 Å². The van der Waals surface area contributed by atoms with Crippen LogP contribution in [-0.4, -0.2) is 48.0 Å². The van der Waals surface area contributed by atoms with E-state index < -0.39 is 5.82 Å². The van der Waals surface area contributed by atoms with E-state index in [1.54, 1.807) is 38.2 Å². The highest BCUT2D eigenvalue weighted by Gasteiger charge is 2.28. The van der Waals surface area contributed by atoms with Crippen molar-refractivity contribution in [1.29, 1.82) is 0 Å². The number of piperidine rings is 1. The molecule has 3 aromatic carbocycles. The van der Waals surface area contributed by atoms with Gasteiger partial charge in [-0.2, -0.15) is 5.10 Å². The summed E-state index contributed by atoms with van der Waals surface area (Å²) in [4.78, 5) is 35.7. The molecule has 0 bridgehead atoms. The molecule has 6 aromatic rings. The molecule has 1 aliphatic heterocycles. The zero-order valence-electron chi connectivity index (χ0n) is 21.5. The molecule has 0 spiro atoms. The van der Waals surface area contributed by atoms with Gasteiger partial charge in [-0.3, -0.25) is 9.36 Å². The largest absolute Gasteiger partial charge is 0.337 e. The van der Waals surface area contributed by atoms with E-state index >= 15 is 0 Å². The number of carbonyl (C=O) groups is 1. The zero-order chi connectivity index (χ0) is 27.2. The summed E-state index contributed by atoms with van der Waals surface area (Å²) in [5.74, 6) is -0.637. The normalized spacial score (nSPS) is 14.3. The molecule has 7 rings (SSSR count). The van der Waals surface area contributed by atoms with Gasteiger partial charge >= 0.3 is 5.69 Å². The first-order valence-electron chi connectivity index (χ1n) is 13.3. The zero-order valence-corrected chi connectivity index (χ0v) is 21.5. The number of carbonyl (C=O) groups excluding carboxylic acids is 1. The minimum Gasteiger partial charge on any atom is -0.337 e. The lowest BCUT2D eigenvalue weighted by Crippen LogP contribution is -2.40. The maximum absolute atomic E-state index is 15.0. The molecule has 1 amide bonds. The van der Waals surface area contributed by atoms with Gasteiger partial charge < -0.3 is 9.88 Å². The summed E-state index contributed by atoms with van der Waals surface area (Å²) in [6.45, 7) is 0.956. The van der Waals surface area contributed by atoms with Crippen LogP contribution in [0.2, 0.25) is 0 Å². The van der Waals surface area contributed by atoms with Crippen molar-refractivity contribution in [3.8, 4) is 22.5 Å². The number of aromatic nitrogens is 5. The summed E-state index contributed by atoms with van der Waals surface area (Å²) >= 11 is 0. The highest BCUT2D eigenvalue weighted by molar-refractivity contribution is 5.94. The molecule has 4 heterocycles. The van der Waals surface area contributed by atoms with Crippen molar-refractivity contribution in [2.75, 3.05) is 13.1 Å². The summed E-state index contributed by atoms with van der Waals surface area (Å²) in [6.07, 6.45) is 1.28. The van der Waals surface area contributed by atoms with E-state index in [-0.39, 0.29) is 23.3 Å². The molecular formula is C31H25FN6O2. The molecule has 0 unspecified atom stereocenters. The van der Waals surface area contributed by atoms with Crippen LogP contribution in [0.4, 0.5) is 4.39 Å². The maximum atomic E-state index is 15.0. The molecule has 0 aliphatic carbocycles. The Hall–Kier alpha value is -5.05. The SMILES string of the molecule is O=C(c1cc(-c2ccccc2F)n2nc(-c3ccccc3)cc2n1)N1CCC(n2c(=O)[nH]c3ccccc32)CC1. The number of para-hydroxylation sites is 2. The van der Waals surface area contributed by atoms with Crippen molar-refractivity contribution in [1.82, 2.24) is 29.0 Å². The fourth-order valence-corrected chi connectivity index (χ4v) is 5.62. The smallest absolute Gasteiger partial charge is 0.326 e. The molecule has 40 heavy (non-hydrogen) atoms. The van der Waals surface area contributed by atoms with Gasteiger partial charge in [-0.25, -0.2) is 18.7 Å². The first-order valence-corrected chi connectivity index (χ1v) is 13.3. The minimum absolute atomic E-state index is 0.0135. The fourth-order valence-electron chi connectivity index (χ4n) is 5.62. The lowest BCUT2D eigenvalue weighted by Gasteiger charge is -2.32. The predicted molar refractivity (Wildman–Crippen MR) is 151 cm³/mol. The third kappa shape index (κ3) is 4.07. The number of amides is 1.